The number of aryl methyl sites for hydroxylation is 2. The van der Waals surface area contributed by atoms with Crippen LogP contribution >= 0.6 is 12.4 Å². The number of halogens is 1. The third-order valence-electron chi connectivity index (χ3n) is 5.02. The first-order valence-electron chi connectivity index (χ1n) is 10.2. The summed E-state index contributed by atoms with van der Waals surface area (Å²) in [5.74, 6) is 2.70. The van der Waals surface area contributed by atoms with Gasteiger partial charge in [-0.3, -0.25) is 0 Å². The summed E-state index contributed by atoms with van der Waals surface area (Å²) in [5, 5.41) is 0. The molecule has 0 atom stereocenters. The van der Waals surface area contributed by atoms with Crippen LogP contribution in [0.4, 0.5) is 0 Å². The van der Waals surface area contributed by atoms with Crippen LogP contribution in [-0.4, -0.2) is 23.3 Å². The highest BCUT2D eigenvalue weighted by molar-refractivity contribution is 5.85. The summed E-state index contributed by atoms with van der Waals surface area (Å²) in [7, 11) is 1.69. The van der Waals surface area contributed by atoms with Crippen molar-refractivity contribution in [2.75, 3.05) is 13.7 Å². The molecule has 4 nitrogen and oxygen atoms in total. The van der Waals surface area contributed by atoms with Crippen LogP contribution in [0.3, 0.4) is 0 Å². The SMILES string of the molecule is COc1ccccc1/C=C/c1nc2ccccc2n1CCCOc1cccc(C)c1.Cl. The second kappa shape index (κ2) is 10.7. The first kappa shape index (κ1) is 22.4. The summed E-state index contributed by atoms with van der Waals surface area (Å²) in [6, 6.07) is 24.4. The summed E-state index contributed by atoms with van der Waals surface area (Å²) in [4.78, 5) is 4.83. The fourth-order valence-corrected chi connectivity index (χ4v) is 3.54. The third kappa shape index (κ3) is 5.47. The standard InChI is InChI=1S/C26H26N2O2.ClH/c1-20-9-7-11-22(19-20)30-18-8-17-28-24-13-5-4-12-23(24)27-26(28)16-15-21-10-3-6-14-25(21)29-2;/h3-7,9-16,19H,8,17-18H2,1-2H3;1H/b16-15+;. The van der Waals surface area contributed by atoms with Crippen molar-refractivity contribution in [3.63, 3.8) is 0 Å². The smallest absolute Gasteiger partial charge is 0.133 e. The molecule has 0 N–H and O–H groups in total. The van der Waals surface area contributed by atoms with E-state index >= 15 is 0 Å². The molecule has 1 heterocycles. The Morgan fingerprint density at radius 2 is 1.74 bits per heavy atom. The molecule has 0 radical (unpaired) electrons. The van der Waals surface area contributed by atoms with Crippen molar-refractivity contribution >= 4 is 35.6 Å². The lowest BCUT2D eigenvalue weighted by atomic mass is 10.2. The molecule has 31 heavy (non-hydrogen) atoms. The number of nitrogens with zero attached hydrogens (tertiary/aromatic N) is 2. The van der Waals surface area contributed by atoms with Crippen molar-refractivity contribution < 1.29 is 9.47 Å². The first-order chi connectivity index (χ1) is 14.7. The van der Waals surface area contributed by atoms with Crippen molar-refractivity contribution in [2.24, 2.45) is 0 Å². The largest absolute Gasteiger partial charge is 0.496 e. The number of hydrogen-bond donors (Lipinski definition) is 0. The predicted molar refractivity (Wildman–Crippen MR) is 130 cm³/mol. The molecule has 0 fully saturated rings. The highest BCUT2D eigenvalue weighted by atomic mass is 35.5. The molecule has 0 bridgehead atoms. The van der Waals surface area contributed by atoms with E-state index in [1.165, 1.54) is 5.56 Å². The van der Waals surface area contributed by atoms with Crippen molar-refractivity contribution in [1.29, 1.82) is 0 Å². The van der Waals surface area contributed by atoms with Crippen LogP contribution in [0, 0.1) is 6.92 Å². The van der Waals surface area contributed by atoms with Crippen LogP contribution in [0.2, 0.25) is 0 Å². The van der Waals surface area contributed by atoms with E-state index in [1.807, 2.05) is 42.5 Å². The zero-order valence-electron chi connectivity index (χ0n) is 17.8. The van der Waals surface area contributed by atoms with Gasteiger partial charge in [-0.05, 0) is 61.4 Å². The Labute approximate surface area is 189 Å². The lowest BCUT2D eigenvalue weighted by molar-refractivity contribution is 0.302. The highest BCUT2D eigenvalue weighted by Gasteiger charge is 2.08. The minimum absolute atomic E-state index is 0. The van der Waals surface area contributed by atoms with E-state index in [1.54, 1.807) is 7.11 Å². The molecule has 0 amide bonds. The number of para-hydroxylation sites is 3. The van der Waals surface area contributed by atoms with Gasteiger partial charge in [0, 0.05) is 12.1 Å². The minimum Gasteiger partial charge on any atom is -0.496 e. The Morgan fingerprint density at radius 1 is 0.935 bits per heavy atom. The van der Waals surface area contributed by atoms with Crippen LogP contribution in [0.1, 0.15) is 23.4 Å². The Balaban J connectivity index is 0.00000272. The van der Waals surface area contributed by atoms with Crippen molar-refractivity contribution in [3.05, 3.63) is 89.7 Å². The van der Waals surface area contributed by atoms with Gasteiger partial charge >= 0.3 is 0 Å². The molecule has 0 aliphatic rings. The van der Waals surface area contributed by atoms with E-state index in [-0.39, 0.29) is 12.4 Å². The molecule has 0 saturated heterocycles. The lowest BCUT2D eigenvalue weighted by Gasteiger charge is -2.10. The van der Waals surface area contributed by atoms with Gasteiger partial charge in [-0.25, -0.2) is 4.98 Å². The number of aromatic nitrogens is 2. The number of rotatable bonds is 8. The monoisotopic (exact) mass is 434 g/mol. The molecule has 1 aromatic heterocycles. The Bertz CT molecular complexity index is 1170. The zero-order chi connectivity index (χ0) is 20.8. The molecule has 0 saturated carbocycles. The average Bonchev–Trinajstić information content (AvgIpc) is 3.13. The van der Waals surface area contributed by atoms with Crippen LogP contribution in [0.5, 0.6) is 11.5 Å². The molecular weight excluding hydrogens is 408 g/mol. The van der Waals surface area contributed by atoms with Crippen molar-refractivity contribution in [3.8, 4) is 11.5 Å². The first-order valence-corrected chi connectivity index (χ1v) is 10.2. The number of imidazole rings is 1. The lowest BCUT2D eigenvalue weighted by Crippen LogP contribution is -2.06. The maximum atomic E-state index is 5.93. The summed E-state index contributed by atoms with van der Waals surface area (Å²) in [5.41, 5.74) is 4.36. The summed E-state index contributed by atoms with van der Waals surface area (Å²) < 4.78 is 13.6. The van der Waals surface area contributed by atoms with Crippen molar-refractivity contribution in [2.45, 2.75) is 19.9 Å². The van der Waals surface area contributed by atoms with E-state index in [4.69, 9.17) is 14.5 Å². The third-order valence-corrected chi connectivity index (χ3v) is 5.02. The quantitative estimate of drug-likeness (QED) is 0.300. The van der Waals surface area contributed by atoms with E-state index in [9.17, 15) is 0 Å². The Hall–Kier alpha value is -3.24. The fraction of sp³-hybridized carbons (Fsp3) is 0.192. The maximum absolute atomic E-state index is 5.93. The van der Waals surface area contributed by atoms with Gasteiger partial charge in [0.05, 0.1) is 24.8 Å². The minimum atomic E-state index is 0. The van der Waals surface area contributed by atoms with E-state index in [0.29, 0.717) is 6.61 Å². The van der Waals surface area contributed by atoms with Gasteiger partial charge < -0.3 is 14.0 Å². The van der Waals surface area contributed by atoms with Gasteiger partial charge in [-0.1, -0.05) is 42.5 Å². The molecule has 0 aliphatic heterocycles. The van der Waals surface area contributed by atoms with Crippen LogP contribution in [0.25, 0.3) is 23.2 Å². The Morgan fingerprint density at radius 3 is 2.58 bits per heavy atom. The Kier molecular flexibility index (Phi) is 7.74. The summed E-state index contributed by atoms with van der Waals surface area (Å²) >= 11 is 0. The van der Waals surface area contributed by atoms with Crippen LogP contribution in [-0.2, 0) is 6.54 Å². The van der Waals surface area contributed by atoms with Gasteiger partial charge in [0.1, 0.15) is 17.3 Å². The normalized spacial score (nSPS) is 10.9. The molecule has 4 aromatic rings. The molecule has 0 aliphatic carbocycles. The number of ether oxygens (including phenoxy) is 2. The van der Waals surface area contributed by atoms with Gasteiger partial charge in [0.15, 0.2) is 0 Å². The maximum Gasteiger partial charge on any atom is 0.133 e. The molecule has 0 unspecified atom stereocenters. The van der Waals surface area contributed by atoms with Gasteiger partial charge in [0.25, 0.3) is 0 Å². The summed E-state index contributed by atoms with van der Waals surface area (Å²) in [6.45, 7) is 3.56. The number of hydrogen-bond acceptors (Lipinski definition) is 3. The zero-order valence-corrected chi connectivity index (χ0v) is 18.6. The van der Waals surface area contributed by atoms with Crippen molar-refractivity contribution in [1.82, 2.24) is 9.55 Å². The predicted octanol–water partition coefficient (Wildman–Crippen LogP) is 6.41. The topological polar surface area (TPSA) is 36.3 Å². The van der Waals surface area contributed by atoms with Gasteiger partial charge in [-0.2, -0.15) is 0 Å². The van der Waals surface area contributed by atoms with E-state index in [0.717, 1.165) is 46.9 Å². The number of benzene rings is 3. The molecule has 5 heteroatoms. The summed E-state index contributed by atoms with van der Waals surface area (Å²) in [6.07, 6.45) is 5.00. The number of methoxy groups -OCH3 is 1. The molecule has 160 valence electrons. The number of fused-ring (bicyclic) bond motifs is 1. The second-order valence-corrected chi connectivity index (χ2v) is 7.20. The molecule has 3 aromatic carbocycles. The van der Waals surface area contributed by atoms with E-state index in [2.05, 4.69) is 54.0 Å². The van der Waals surface area contributed by atoms with Crippen LogP contribution in [0.15, 0.2) is 72.8 Å². The van der Waals surface area contributed by atoms with Gasteiger partial charge in [0.2, 0.25) is 0 Å². The second-order valence-electron chi connectivity index (χ2n) is 7.20. The van der Waals surface area contributed by atoms with Crippen LogP contribution < -0.4 is 9.47 Å². The molecule has 4 rings (SSSR count). The molecular formula is C26H27ClN2O2. The highest BCUT2D eigenvalue weighted by Crippen LogP contribution is 2.22. The molecule has 0 spiro atoms. The average molecular weight is 435 g/mol. The van der Waals surface area contributed by atoms with Gasteiger partial charge in [-0.15, -0.1) is 12.4 Å². The van der Waals surface area contributed by atoms with E-state index < -0.39 is 0 Å². The fourth-order valence-electron chi connectivity index (χ4n) is 3.54.